The highest BCUT2D eigenvalue weighted by Gasteiger charge is 2.82. The average molecular weight is 236 g/mol. The van der Waals surface area contributed by atoms with Crippen LogP contribution in [0.3, 0.4) is 0 Å². The Balaban J connectivity index is 2.83. The van der Waals surface area contributed by atoms with Crippen molar-refractivity contribution in [2.24, 2.45) is 38.9 Å². The first kappa shape index (κ1) is 13.4. The molecule has 0 aromatic heterocycles. The fraction of sp³-hybridized carbons (Fsp3) is 1.00. The van der Waals surface area contributed by atoms with Gasteiger partial charge in [-0.2, -0.15) is 0 Å². The molecule has 0 aromatic carbocycles. The number of hydrogen-bond donors (Lipinski definition) is 0. The number of fused-ring (bicyclic) bond motifs is 2. The predicted octanol–water partition coefficient (Wildman–Crippen LogP) is 5.38. The lowest BCUT2D eigenvalue weighted by Crippen LogP contribution is -2.53. The van der Waals surface area contributed by atoms with Crippen LogP contribution in [0.5, 0.6) is 0 Å². The Kier molecular flexibility index (Phi) is 2.19. The van der Waals surface area contributed by atoms with Gasteiger partial charge in [-0.3, -0.25) is 0 Å². The zero-order valence-corrected chi connectivity index (χ0v) is 13.7. The molecule has 4 atom stereocenters. The molecule has 4 unspecified atom stereocenters. The maximum Gasteiger partial charge on any atom is -0.0184 e. The van der Waals surface area contributed by atoms with E-state index in [1.807, 2.05) is 0 Å². The summed E-state index contributed by atoms with van der Waals surface area (Å²) in [5, 5.41) is 0. The Morgan fingerprint density at radius 1 is 0.471 bits per heavy atom. The summed E-state index contributed by atoms with van der Waals surface area (Å²) < 4.78 is 0. The quantitative estimate of drug-likeness (QED) is 0.530. The van der Waals surface area contributed by atoms with Crippen LogP contribution < -0.4 is 0 Å². The van der Waals surface area contributed by atoms with E-state index in [9.17, 15) is 0 Å². The van der Waals surface area contributed by atoms with Crippen molar-refractivity contribution in [2.45, 2.75) is 69.2 Å². The van der Waals surface area contributed by atoms with E-state index in [0.29, 0.717) is 27.1 Å². The van der Waals surface area contributed by atoms with Crippen LogP contribution in [0.1, 0.15) is 69.2 Å². The normalized spacial score (nSPS) is 54.0. The molecule has 0 radical (unpaired) electrons. The van der Waals surface area contributed by atoms with Gasteiger partial charge in [-0.1, -0.05) is 69.2 Å². The van der Waals surface area contributed by atoms with Gasteiger partial charge in [-0.05, 0) is 38.9 Å². The standard InChI is InChI=1S/C17H32/c1-11-12(2)17(10)14(5,6)13(3,4)16(11,9)15(17,7)8/h11-12H,1-10H3. The second kappa shape index (κ2) is 2.78. The van der Waals surface area contributed by atoms with Gasteiger partial charge in [-0.15, -0.1) is 0 Å². The molecular formula is C17H32. The van der Waals surface area contributed by atoms with Gasteiger partial charge in [0.05, 0.1) is 0 Å². The molecule has 0 nitrogen and oxygen atoms in total. The third-order valence-electron chi connectivity index (χ3n) is 9.33. The Morgan fingerprint density at radius 2 is 0.706 bits per heavy atom. The number of hydrogen-bond acceptors (Lipinski definition) is 0. The maximum absolute atomic E-state index is 2.56. The minimum absolute atomic E-state index is 0.393. The lowest BCUT2D eigenvalue weighted by molar-refractivity contribution is -0.105. The maximum atomic E-state index is 2.56. The Morgan fingerprint density at radius 3 is 0.882 bits per heavy atom. The summed E-state index contributed by atoms with van der Waals surface area (Å²) in [7, 11) is 0. The van der Waals surface area contributed by atoms with Crippen LogP contribution in [-0.4, -0.2) is 0 Å². The van der Waals surface area contributed by atoms with E-state index in [2.05, 4.69) is 69.2 Å². The van der Waals surface area contributed by atoms with E-state index < -0.39 is 0 Å². The molecule has 0 amide bonds. The van der Waals surface area contributed by atoms with Crippen molar-refractivity contribution in [1.82, 2.24) is 0 Å². The lowest BCUT2D eigenvalue weighted by atomic mass is 9.46. The van der Waals surface area contributed by atoms with Gasteiger partial charge in [0.2, 0.25) is 0 Å². The fourth-order valence-electron chi connectivity index (χ4n) is 6.68. The first-order valence-corrected chi connectivity index (χ1v) is 7.32. The van der Waals surface area contributed by atoms with Crippen molar-refractivity contribution in [3.8, 4) is 0 Å². The first-order valence-electron chi connectivity index (χ1n) is 7.32. The van der Waals surface area contributed by atoms with Crippen LogP contribution in [0.2, 0.25) is 0 Å². The van der Waals surface area contributed by atoms with Gasteiger partial charge in [0.15, 0.2) is 0 Å². The zero-order valence-electron chi connectivity index (χ0n) is 13.7. The zero-order chi connectivity index (χ0) is 13.7. The van der Waals surface area contributed by atoms with Gasteiger partial charge in [0, 0.05) is 0 Å². The van der Waals surface area contributed by atoms with E-state index in [-0.39, 0.29) is 0 Å². The van der Waals surface area contributed by atoms with Crippen LogP contribution >= 0.6 is 0 Å². The van der Waals surface area contributed by atoms with Crippen LogP contribution in [0.25, 0.3) is 0 Å². The molecule has 2 aliphatic carbocycles. The van der Waals surface area contributed by atoms with Crippen molar-refractivity contribution in [2.75, 3.05) is 0 Å². The van der Waals surface area contributed by atoms with Crippen LogP contribution in [-0.2, 0) is 0 Å². The minimum atomic E-state index is 0.393. The molecule has 0 aromatic rings. The summed E-state index contributed by atoms with van der Waals surface area (Å²) in [6, 6.07) is 0. The lowest BCUT2D eigenvalue weighted by Gasteiger charge is -2.58. The molecule has 2 rings (SSSR count). The molecule has 0 saturated heterocycles. The Bertz CT molecular complexity index is 326. The highest BCUT2D eigenvalue weighted by Crippen LogP contribution is 2.87. The van der Waals surface area contributed by atoms with E-state index in [4.69, 9.17) is 0 Å². The third-order valence-corrected chi connectivity index (χ3v) is 9.33. The van der Waals surface area contributed by atoms with Gasteiger partial charge >= 0.3 is 0 Å². The molecule has 17 heavy (non-hydrogen) atoms. The van der Waals surface area contributed by atoms with Gasteiger partial charge in [0.25, 0.3) is 0 Å². The van der Waals surface area contributed by atoms with Crippen LogP contribution in [0.4, 0.5) is 0 Å². The largest absolute Gasteiger partial charge is 0.0617 e. The summed E-state index contributed by atoms with van der Waals surface area (Å²) in [6.45, 7) is 25.2. The topological polar surface area (TPSA) is 0 Å². The SMILES string of the molecule is CC1C(C)C2(C)C(C)(C)C(C)(C)C1(C)C2(C)C. The van der Waals surface area contributed by atoms with Crippen molar-refractivity contribution >= 4 is 0 Å². The second-order valence-electron chi connectivity index (χ2n) is 8.86. The highest BCUT2D eigenvalue weighted by molar-refractivity contribution is 5.29. The van der Waals surface area contributed by atoms with E-state index in [0.717, 1.165) is 11.8 Å². The molecular weight excluding hydrogens is 204 g/mol. The number of rotatable bonds is 0. The summed E-state index contributed by atoms with van der Waals surface area (Å²) in [5.41, 5.74) is 2.05. The smallest absolute Gasteiger partial charge is 0.0184 e. The summed E-state index contributed by atoms with van der Waals surface area (Å²) in [5.74, 6) is 1.62. The fourth-order valence-corrected chi connectivity index (χ4v) is 6.68. The minimum Gasteiger partial charge on any atom is -0.0617 e. The highest BCUT2D eigenvalue weighted by atomic mass is 14.9. The molecule has 0 aliphatic heterocycles. The molecule has 0 N–H and O–H groups in total. The Labute approximate surface area is 109 Å². The summed E-state index contributed by atoms with van der Waals surface area (Å²) in [6.07, 6.45) is 0. The van der Waals surface area contributed by atoms with E-state index in [1.54, 1.807) is 0 Å². The van der Waals surface area contributed by atoms with Gasteiger partial charge in [-0.25, -0.2) is 0 Å². The van der Waals surface area contributed by atoms with Crippen molar-refractivity contribution in [1.29, 1.82) is 0 Å². The third kappa shape index (κ3) is 0.843. The van der Waals surface area contributed by atoms with Crippen molar-refractivity contribution in [3.05, 3.63) is 0 Å². The second-order valence-corrected chi connectivity index (χ2v) is 8.86. The molecule has 0 heteroatoms. The molecule has 2 bridgehead atoms. The summed E-state index contributed by atoms with van der Waals surface area (Å²) in [4.78, 5) is 0. The monoisotopic (exact) mass is 236 g/mol. The van der Waals surface area contributed by atoms with Crippen molar-refractivity contribution < 1.29 is 0 Å². The molecule has 0 heterocycles. The molecule has 100 valence electrons. The average Bonchev–Trinajstić information content (AvgIpc) is 2.33. The van der Waals surface area contributed by atoms with E-state index >= 15 is 0 Å². The van der Waals surface area contributed by atoms with Crippen molar-refractivity contribution in [3.63, 3.8) is 0 Å². The van der Waals surface area contributed by atoms with Crippen LogP contribution in [0.15, 0.2) is 0 Å². The predicted molar refractivity (Wildman–Crippen MR) is 75.9 cm³/mol. The summed E-state index contributed by atoms with van der Waals surface area (Å²) >= 11 is 0. The molecule has 2 fully saturated rings. The van der Waals surface area contributed by atoms with Crippen LogP contribution in [0, 0.1) is 38.9 Å². The van der Waals surface area contributed by atoms with Gasteiger partial charge in [0.1, 0.15) is 0 Å². The first-order chi connectivity index (χ1) is 7.32. The molecule has 2 aliphatic rings. The van der Waals surface area contributed by atoms with E-state index in [1.165, 1.54) is 0 Å². The Hall–Kier alpha value is 0. The molecule has 0 spiro atoms. The van der Waals surface area contributed by atoms with Gasteiger partial charge < -0.3 is 0 Å². The molecule has 2 saturated carbocycles.